The molecule has 6 heteroatoms. The van der Waals surface area contributed by atoms with Crippen LogP contribution in [0.2, 0.25) is 0 Å². The molecule has 0 saturated heterocycles. The maximum absolute atomic E-state index is 4.70. The van der Waals surface area contributed by atoms with Crippen molar-refractivity contribution in [1.82, 2.24) is 25.4 Å². The summed E-state index contributed by atoms with van der Waals surface area (Å²) in [6.45, 7) is 7.95. The highest BCUT2D eigenvalue weighted by atomic mass is 15.3. The maximum atomic E-state index is 4.70. The van der Waals surface area contributed by atoms with Crippen LogP contribution in [0.5, 0.6) is 0 Å². The number of hydrogen-bond donors (Lipinski definition) is 2. The first-order valence-corrected chi connectivity index (χ1v) is 8.46. The van der Waals surface area contributed by atoms with Crippen LogP contribution in [0.1, 0.15) is 57.6 Å². The van der Waals surface area contributed by atoms with E-state index in [1.54, 1.807) is 0 Å². The van der Waals surface area contributed by atoms with Gasteiger partial charge in [0.2, 0.25) is 0 Å². The Labute approximate surface area is 133 Å². The molecule has 2 N–H and O–H groups in total. The van der Waals surface area contributed by atoms with Crippen molar-refractivity contribution in [3.05, 3.63) is 11.6 Å². The summed E-state index contributed by atoms with van der Waals surface area (Å²) in [4.78, 5) is 4.70. The van der Waals surface area contributed by atoms with Gasteiger partial charge in [-0.15, -0.1) is 10.2 Å². The number of aryl methyl sites for hydroxylation is 1. The zero-order valence-electron chi connectivity index (χ0n) is 14.4. The Morgan fingerprint density at radius 3 is 2.64 bits per heavy atom. The van der Waals surface area contributed by atoms with E-state index in [1.807, 2.05) is 18.5 Å². The van der Waals surface area contributed by atoms with Gasteiger partial charge in [-0.3, -0.25) is 0 Å². The molecule has 0 atom stereocenters. The third kappa shape index (κ3) is 5.00. The van der Waals surface area contributed by atoms with Crippen LogP contribution in [0.4, 0.5) is 0 Å². The van der Waals surface area contributed by atoms with Gasteiger partial charge in [-0.05, 0) is 32.1 Å². The van der Waals surface area contributed by atoms with Crippen LogP contribution in [0.3, 0.4) is 0 Å². The summed E-state index contributed by atoms with van der Waals surface area (Å²) < 4.78 is 1.99. The van der Waals surface area contributed by atoms with Gasteiger partial charge in [-0.25, -0.2) is 4.99 Å². The molecule has 1 aliphatic carbocycles. The van der Waals surface area contributed by atoms with Crippen LogP contribution in [-0.4, -0.2) is 33.3 Å². The lowest BCUT2D eigenvalue weighted by atomic mass is 10.1. The van der Waals surface area contributed by atoms with E-state index < -0.39 is 0 Å². The zero-order valence-corrected chi connectivity index (χ0v) is 14.4. The zero-order chi connectivity index (χ0) is 15.9. The molecule has 1 aromatic heterocycles. The first kappa shape index (κ1) is 16.8. The minimum absolute atomic E-state index is 0.557. The molecule has 1 fully saturated rings. The summed E-state index contributed by atoms with van der Waals surface area (Å²) >= 11 is 0. The number of guanidine groups is 1. The molecule has 22 heavy (non-hydrogen) atoms. The topological polar surface area (TPSA) is 67.1 Å². The Morgan fingerprint density at radius 1 is 1.32 bits per heavy atom. The molecule has 0 spiro atoms. The molecular weight excluding hydrogens is 276 g/mol. The van der Waals surface area contributed by atoms with Gasteiger partial charge in [0.25, 0.3) is 0 Å². The second-order valence-electron chi connectivity index (χ2n) is 6.62. The predicted octanol–water partition coefficient (Wildman–Crippen LogP) is 2.15. The first-order valence-electron chi connectivity index (χ1n) is 8.46. The highest BCUT2D eigenvalue weighted by molar-refractivity contribution is 5.80. The molecule has 0 bridgehead atoms. The first-order chi connectivity index (χ1) is 10.6. The van der Waals surface area contributed by atoms with Crippen molar-refractivity contribution in [3.8, 4) is 0 Å². The standard InChI is InChI=1S/C16H30N6/c1-12(2)9-10-17-16(19-14-7-5-6-8-14)18-11-15-21-20-13(3)22(15)4/h12,14H,5-11H2,1-4H3,(H2,17,18,19). The fraction of sp³-hybridized carbons (Fsp3) is 0.812. The summed E-state index contributed by atoms with van der Waals surface area (Å²) in [7, 11) is 1.98. The van der Waals surface area contributed by atoms with Crippen molar-refractivity contribution in [2.45, 2.75) is 65.5 Å². The number of rotatable bonds is 6. The van der Waals surface area contributed by atoms with E-state index in [-0.39, 0.29) is 0 Å². The summed E-state index contributed by atoms with van der Waals surface area (Å²) in [5, 5.41) is 15.3. The van der Waals surface area contributed by atoms with Crippen LogP contribution < -0.4 is 10.6 Å². The van der Waals surface area contributed by atoms with Crippen molar-refractivity contribution in [2.24, 2.45) is 18.0 Å². The number of hydrogen-bond acceptors (Lipinski definition) is 3. The molecule has 0 aromatic carbocycles. The summed E-state index contributed by atoms with van der Waals surface area (Å²) in [6, 6.07) is 0.562. The normalized spacial score (nSPS) is 16.5. The van der Waals surface area contributed by atoms with Gasteiger partial charge in [0, 0.05) is 19.6 Å². The van der Waals surface area contributed by atoms with Gasteiger partial charge in [-0.1, -0.05) is 26.7 Å². The number of nitrogens with one attached hydrogen (secondary N) is 2. The van der Waals surface area contributed by atoms with Crippen LogP contribution in [0.15, 0.2) is 4.99 Å². The third-order valence-electron chi connectivity index (χ3n) is 4.27. The van der Waals surface area contributed by atoms with Crippen molar-refractivity contribution in [2.75, 3.05) is 6.54 Å². The van der Waals surface area contributed by atoms with E-state index in [1.165, 1.54) is 25.7 Å². The molecule has 0 aliphatic heterocycles. The van der Waals surface area contributed by atoms with Gasteiger partial charge >= 0.3 is 0 Å². The smallest absolute Gasteiger partial charge is 0.191 e. The summed E-state index contributed by atoms with van der Waals surface area (Å²) in [6.07, 6.45) is 6.27. The Hall–Kier alpha value is -1.59. The molecule has 2 rings (SSSR count). The van der Waals surface area contributed by atoms with Crippen molar-refractivity contribution in [1.29, 1.82) is 0 Å². The molecule has 6 nitrogen and oxygen atoms in total. The molecule has 0 unspecified atom stereocenters. The van der Waals surface area contributed by atoms with Crippen LogP contribution in [-0.2, 0) is 13.6 Å². The quantitative estimate of drug-likeness (QED) is 0.624. The number of aliphatic imine (C=N–C) groups is 1. The lowest BCUT2D eigenvalue weighted by Gasteiger charge is -2.18. The Balaban J connectivity index is 1.94. The predicted molar refractivity (Wildman–Crippen MR) is 89.7 cm³/mol. The van der Waals surface area contributed by atoms with Crippen LogP contribution >= 0.6 is 0 Å². The molecule has 0 radical (unpaired) electrons. The van der Waals surface area contributed by atoms with Gasteiger partial charge < -0.3 is 15.2 Å². The maximum Gasteiger partial charge on any atom is 0.191 e. The minimum Gasteiger partial charge on any atom is -0.356 e. The van der Waals surface area contributed by atoms with E-state index in [4.69, 9.17) is 4.99 Å². The second kappa shape index (κ2) is 8.15. The summed E-state index contributed by atoms with van der Waals surface area (Å²) in [5.41, 5.74) is 0. The van der Waals surface area contributed by atoms with Crippen LogP contribution in [0, 0.1) is 12.8 Å². The van der Waals surface area contributed by atoms with E-state index in [0.29, 0.717) is 18.5 Å². The highest BCUT2D eigenvalue weighted by Crippen LogP contribution is 2.17. The van der Waals surface area contributed by atoms with E-state index in [0.717, 1.165) is 30.6 Å². The van der Waals surface area contributed by atoms with Crippen molar-refractivity contribution in [3.63, 3.8) is 0 Å². The van der Waals surface area contributed by atoms with Gasteiger partial charge in [-0.2, -0.15) is 0 Å². The highest BCUT2D eigenvalue weighted by Gasteiger charge is 2.16. The second-order valence-corrected chi connectivity index (χ2v) is 6.62. The van der Waals surface area contributed by atoms with Gasteiger partial charge in [0.05, 0.1) is 0 Å². The molecule has 1 aliphatic rings. The molecule has 124 valence electrons. The van der Waals surface area contributed by atoms with E-state index in [9.17, 15) is 0 Å². The van der Waals surface area contributed by atoms with Crippen molar-refractivity contribution >= 4 is 5.96 Å². The monoisotopic (exact) mass is 306 g/mol. The molecule has 1 saturated carbocycles. The Bertz CT molecular complexity index is 485. The summed E-state index contributed by atoms with van der Waals surface area (Å²) in [5.74, 6) is 3.42. The Kier molecular flexibility index (Phi) is 6.21. The third-order valence-corrected chi connectivity index (χ3v) is 4.27. The SMILES string of the molecule is Cc1nnc(CN=C(NCCC(C)C)NC2CCCC2)n1C. The average molecular weight is 306 g/mol. The number of nitrogens with zero attached hydrogens (tertiary/aromatic N) is 4. The molecule has 1 heterocycles. The molecule has 1 aromatic rings. The largest absolute Gasteiger partial charge is 0.356 e. The fourth-order valence-electron chi connectivity index (χ4n) is 2.63. The van der Waals surface area contributed by atoms with E-state index in [2.05, 4.69) is 34.7 Å². The minimum atomic E-state index is 0.557. The Morgan fingerprint density at radius 2 is 2.05 bits per heavy atom. The van der Waals surface area contributed by atoms with Gasteiger partial charge in [0.15, 0.2) is 11.8 Å². The lowest BCUT2D eigenvalue weighted by Crippen LogP contribution is -2.43. The molecular formula is C16H30N6. The van der Waals surface area contributed by atoms with Crippen LogP contribution in [0.25, 0.3) is 0 Å². The van der Waals surface area contributed by atoms with Crippen molar-refractivity contribution < 1.29 is 0 Å². The molecule has 0 amide bonds. The van der Waals surface area contributed by atoms with Gasteiger partial charge in [0.1, 0.15) is 12.4 Å². The fourth-order valence-corrected chi connectivity index (χ4v) is 2.63. The average Bonchev–Trinajstić information content (AvgIpc) is 3.08. The lowest BCUT2D eigenvalue weighted by molar-refractivity contribution is 0.561. The van der Waals surface area contributed by atoms with E-state index >= 15 is 0 Å². The number of aromatic nitrogens is 3.